The molecule has 0 bridgehead atoms. The Kier molecular flexibility index (Phi) is 7.92. The highest BCUT2D eigenvalue weighted by atomic mass is 19.1. The molecule has 2 aromatic heterocycles. The van der Waals surface area contributed by atoms with Crippen LogP contribution in [0.5, 0.6) is 0 Å². The quantitative estimate of drug-likeness (QED) is 0.219. The number of piperidine rings is 1. The number of halogens is 1. The van der Waals surface area contributed by atoms with Gasteiger partial charge in [0, 0.05) is 36.0 Å². The van der Waals surface area contributed by atoms with E-state index in [9.17, 15) is 9.18 Å². The van der Waals surface area contributed by atoms with Gasteiger partial charge in [-0.3, -0.25) is 4.40 Å². The minimum absolute atomic E-state index is 0.245. The topological polar surface area (TPSA) is 56.1 Å². The summed E-state index contributed by atoms with van der Waals surface area (Å²) in [6, 6.07) is 15.1. The number of esters is 1. The molecule has 4 aromatic rings. The lowest BCUT2D eigenvalue weighted by molar-refractivity contribution is -0.164. The number of pyridine rings is 1. The van der Waals surface area contributed by atoms with Crippen molar-refractivity contribution in [1.29, 1.82) is 0 Å². The molecule has 1 saturated heterocycles. The molecule has 5 rings (SSSR count). The van der Waals surface area contributed by atoms with Crippen LogP contribution >= 0.6 is 0 Å². The van der Waals surface area contributed by atoms with Gasteiger partial charge in [0.1, 0.15) is 17.3 Å². The van der Waals surface area contributed by atoms with Crippen molar-refractivity contribution in [2.75, 3.05) is 25.1 Å². The average Bonchev–Trinajstić information content (AvgIpc) is 3.34. The fourth-order valence-electron chi connectivity index (χ4n) is 5.74. The number of aromatic nitrogens is 2. The summed E-state index contributed by atoms with van der Waals surface area (Å²) in [5.41, 5.74) is 6.04. The summed E-state index contributed by atoms with van der Waals surface area (Å²) in [7, 11) is 1.40. The number of anilines is 1. The second-order valence-corrected chi connectivity index (χ2v) is 13.3. The van der Waals surface area contributed by atoms with E-state index in [1.807, 2.05) is 83.3 Å². The third kappa shape index (κ3) is 6.07. The SMILES string of the molecule is COC(=O)[C@@H](OC(C)(C)C)c1c(C)cc2nc(-c3cccc(-c4ccc(C)cc4F)c3)cn2c1N1CCC(C)(C)CC1. The second kappa shape index (κ2) is 11.2. The Labute approximate surface area is 248 Å². The summed E-state index contributed by atoms with van der Waals surface area (Å²) in [5, 5.41) is 0. The van der Waals surface area contributed by atoms with Gasteiger partial charge in [0.2, 0.25) is 0 Å². The van der Waals surface area contributed by atoms with E-state index in [0.717, 1.165) is 70.9 Å². The van der Waals surface area contributed by atoms with Crippen molar-refractivity contribution >= 4 is 17.4 Å². The van der Waals surface area contributed by atoms with Crippen molar-refractivity contribution in [3.8, 4) is 22.4 Å². The number of fused-ring (bicyclic) bond motifs is 1. The largest absolute Gasteiger partial charge is 0.467 e. The smallest absolute Gasteiger partial charge is 0.339 e. The molecule has 0 radical (unpaired) electrons. The van der Waals surface area contributed by atoms with Gasteiger partial charge in [-0.15, -0.1) is 0 Å². The number of benzene rings is 2. The molecule has 1 fully saturated rings. The summed E-state index contributed by atoms with van der Waals surface area (Å²) in [6.07, 6.45) is 3.17. The maximum Gasteiger partial charge on any atom is 0.339 e. The number of carbonyl (C=O) groups excluding carboxylic acids is 1. The van der Waals surface area contributed by atoms with Gasteiger partial charge in [0.05, 0.1) is 18.4 Å². The zero-order chi connectivity index (χ0) is 30.4. The molecule has 1 aliphatic rings. The van der Waals surface area contributed by atoms with E-state index < -0.39 is 17.7 Å². The number of carbonyl (C=O) groups is 1. The molecular formula is C35H42FN3O3. The van der Waals surface area contributed by atoms with Crippen molar-refractivity contribution in [3.05, 3.63) is 77.2 Å². The first-order valence-corrected chi connectivity index (χ1v) is 14.7. The van der Waals surface area contributed by atoms with Gasteiger partial charge in [-0.1, -0.05) is 44.2 Å². The molecule has 0 spiro atoms. The highest BCUT2D eigenvalue weighted by Gasteiger charge is 2.36. The predicted molar refractivity (Wildman–Crippen MR) is 166 cm³/mol. The van der Waals surface area contributed by atoms with Gasteiger partial charge < -0.3 is 14.4 Å². The Bertz CT molecular complexity index is 1620. The van der Waals surface area contributed by atoms with E-state index in [1.165, 1.54) is 7.11 Å². The minimum Gasteiger partial charge on any atom is -0.467 e. The lowest BCUT2D eigenvalue weighted by Gasteiger charge is -2.40. The molecule has 42 heavy (non-hydrogen) atoms. The van der Waals surface area contributed by atoms with Crippen molar-refractivity contribution < 1.29 is 18.7 Å². The molecule has 7 heteroatoms. The maximum absolute atomic E-state index is 14.9. The molecule has 1 atom stereocenters. The van der Waals surface area contributed by atoms with Crippen LogP contribution in [0.25, 0.3) is 28.0 Å². The van der Waals surface area contributed by atoms with E-state index in [2.05, 4.69) is 23.1 Å². The van der Waals surface area contributed by atoms with Crippen LogP contribution < -0.4 is 4.90 Å². The predicted octanol–water partition coefficient (Wildman–Crippen LogP) is 8.08. The monoisotopic (exact) mass is 571 g/mol. The van der Waals surface area contributed by atoms with Crippen LogP contribution in [0.15, 0.2) is 54.7 Å². The van der Waals surface area contributed by atoms with Crippen molar-refractivity contribution in [2.45, 2.75) is 73.0 Å². The fraction of sp³-hybridized carbons (Fsp3) is 0.429. The molecule has 0 N–H and O–H groups in total. The number of hydrogen-bond donors (Lipinski definition) is 0. The Morgan fingerprint density at radius 1 is 1.02 bits per heavy atom. The third-order valence-electron chi connectivity index (χ3n) is 8.13. The molecule has 222 valence electrons. The highest BCUT2D eigenvalue weighted by Crippen LogP contribution is 2.40. The normalized spacial score (nSPS) is 16.1. The number of aryl methyl sites for hydroxylation is 2. The van der Waals surface area contributed by atoms with Crippen molar-refractivity contribution in [1.82, 2.24) is 9.38 Å². The zero-order valence-corrected chi connectivity index (χ0v) is 26.0. The molecule has 0 aliphatic carbocycles. The first-order valence-electron chi connectivity index (χ1n) is 14.7. The average molecular weight is 572 g/mol. The molecule has 1 aliphatic heterocycles. The van der Waals surface area contributed by atoms with Crippen LogP contribution in [0.3, 0.4) is 0 Å². The summed E-state index contributed by atoms with van der Waals surface area (Å²) in [5.74, 6) is 0.226. The maximum atomic E-state index is 14.9. The fourth-order valence-corrected chi connectivity index (χ4v) is 5.74. The van der Waals surface area contributed by atoms with Gasteiger partial charge >= 0.3 is 5.97 Å². The van der Waals surface area contributed by atoms with Gasteiger partial charge in [0.25, 0.3) is 0 Å². The van der Waals surface area contributed by atoms with Crippen LogP contribution in [-0.2, 0) is 14.3 Å². The van der Waals surface area contributed by atoms with E-state index >= 15 is 0 Å². The van der Waals surface area contributed by atoms with Crippen LogP contribution in [-0.4, -0.2) is 41.2 Å². The lowest BCUT2D eigenvalue weighted by Crippen LogP contribution is -2.40. The Morgan fingerprint density at radius 2 is 1.71 bits per heavy atom. The van der Waals surface area contributed by atoms with Gasteiger partial charge in [-0.2, -0.15) is 0 Å². The van der Waals surface area contributed by atoms with E-state index in [4.69, 9.17) is 14.5 Å². The number of imidazole rings is 1. The molecule has 0 amide bonds. The van der Waals surface area contributed by atoms with Crippen molar-refractivity contribution in [2.24, 2.45) is 5.41 Å². The molecule has 0 saturated carbocycles. The Morgan fingerprint density at radius 3 is 2.36 bits per heavy atom. The standard InChI is InChI=1S/C35H42FN3O3/c1-22-12-13-26(27(36)18-22)24-10-9-11-25(20-24)28-21-39-29(37-28)19-23(2)30(31(33(40)41-8)42-34(3,4)5)32(39)38-16-14-35(6,7)15-17-38/h9-13,18-21,31H,14-17H2,1-8H3/t31-/m0/s1. The summed E-state index contributed by atoms with van der Waals surface area (Å²) in [4.78, 5) is 20.6. The number of hydrogen-bond acceptors (Lipinski definition) is 5. The van der Waals surface area contributed by atoms with Gasteiger partial charge in [-0.25, -0.2) is 14.2 Å². The first-order chi connectivity index (χ1) is 19.8. The molecular weight excluding hydrogens is 529 g/mol. The van der Waals surface area contributed by atoms with Crippen LogP contribution in [0, 0.1) is 25.1 Å². The minimum atomic E-state index is -0.900. The zero-order valence-electron chi connectivity index (χ0n) is 26.0. The highest BCUT2D eigenvalue weighted by molar-refractivity contribution is 5.81. The van der Waals surface area contributed by atoms with Crippen LogP contribution in [0.1, 0.15) is 70.3 Å². The van der Waals surface area contributed by atoms with Crippen LogP contribution in [0.2, 0.25) is 0 Å². The number of methoxy groups -OCH3 is 1. The van der Waals surface area contributed by atoms with E-state index in [-0.39, 0.29) is 11.2 Å². The summed E-state index contributed by atoms with van der Waals surface area (Å²) in [6.45, 7) is 16.0. The summed E-state index contributed by atoms with van der Waals surface area (Å²) < 4.78 is 28.6. The second-order valence-electron chi connectivity index (χ2n) is 13.3. The molecule has 2 aromatic carbocycles. The molecule has 3 heterocycles. The molecule has 6 nitrogen and oxygen atoms in total. The first kappa shape index (κ1) is 29.8. The number of ether oxygens (including phenoxy) is 2. The van der Waals surface area contributed by atoms with E-state index in [0.29, 0.717) is 5.56 Å². The third-order valence-corrected chi connectivity index (χ3v) is 8.13. The summed E-state index contributed by atoms with van der Waals surface area (Å²) >= 11 is 0. The lowest BCUT2D eigenvalue weighted by atomic mass is 9.82. The van der Waals surface area contributed by atoms with Crippen molar-refractivity contribution in [3.63, 3.8) is 0 Å². The number of nitrogens with zero attached hydrogens (tertiary/aromatic N) is 3. The van der Waals surface area contributed by atoms with E-state index in [1.54, 1.807) is 6.07 Å². The van der Waals surface area contributed by atoms with Gasteiger partial charge in [0.15, 0.2) is 6.10 Å². The van der Waals surface area contributed by atoms with Crippen LogP contribution in [0.4, 0.5) is 10.2 Å². The Hall–Kier alpha value is -3.71. The molecule has 0 unspecified atom stereocenters. The van der Waals surface area contributed by atoms with Gasteiger partial charge in [-0.05, 0) is 87.8 Å². The Balaban J connectivity index is 1.69. The number of rotatable bonds is 6.